The second kappa shape index (κ2) is 2.17. The van der Waals surface area contributed by atoms with Gasteiger partial charge in [0.2, 0.25) is 0 Å². The molecule has 2 fully saturated rings. The van der Waals surface area contributed by atoms with Gasteiger partial charge in [-0.15, -0.1) is 9.60 Å². The Morgan fingerprint density at radius 3 is 2.10 bits per heavy atom. The Labute approximate surface area is 60.5 Å². The summed E-state index contributed by atoms with van der Waals surface area (Å²) in [6, 6.07) is 0. The smallest absolute Gasteiger partial charge is 0.0334 e. The van der Waals surface area contributed by atoms with E-state index in [9.17, 15) is 4.48 Å². The first-order chi connectivity index (χ1) is 4.75. The molecule has 0 amide bonds. The predicted octanol–water partition coefficient (Wildman–Crippen LogP) is 0.364. The zero-order valence-corrected chi connectivity index (χ0v) is 6.26. The number of hydrogen-bond acceptors (Lipinski definition) is 2. The van der Waals surface area contributed by atoms with Crippen molar-refractivity contribution in [3.63, 3.8) is 0 Å². The Hall–Kier alpha value is -0.150. The van der Waals surface area contributed by atoms with Crippen molar-refractivity contribution in [3.8, 4) is 0 Å². The van der Waals surface area contributed by atoms with Crippen LogP contribution in [0.3, 0.4) is 0 Å². The average molecular weight is 144 g/mol. The molecule has 10 heavy (non-hydrogen) atoms. The summed E-state index contributed by atoms with van der Waals surface area (Å²) in [7, 11) is 2.11. The number of nitrogens with zero attached hydrogens (tertiary/aromatic N) is 2. The lowest BCUT2D eigenvalue weighted by Gasteiger charge is -2.10. The van der Waals surface area contributed by atoms with Crippen LogP contribution >= 0.6 is 0 Å². The van der Waals surface area contributed by atoms with Gasteiger partial charge in [-0.2, -0.15) is 0 Å². The molecule has 2 aliphatic rings. The fourth-order valence-electron chi connectivity index (χ4n) is 2.17. The fourth-order valence-corrected chi connectivity index (χ4v) is 2.17. The summed E-state index contributed by atoms with van der Waals surface area (Å²) in [5.74, 6) is 1.21. The first-order valence-electron chi connectivity index (χ1n) is 3.85. The third-order valence-corrected chi connectivity index (χ3v) is 2.62. The molecular formula is C7H13FN2. The highest BCUT2D eigenvalue weighted by molar-refractivity contribution is 4.89. The predicted molar refractivity (Wildman–Crippen MR) is 37.2 cm³/mol. The summed E-state index contributed by atoms with van der Waals surface area (Å²) in [5.41, 5.74) is 0. The maximum Gasteiger partial charge on any atom is 0.0334 e. The Morgan fingerprint density at radius 1 is 1.10 bits per heavy atom. The fraction of sp³-hybridized carbons (Fsp3) is 1.00. The highest BCUT2D eigenvalue weighted by Gasteiger charge is 2.38. The van der Waals surface area contributed by atoms with Crippen LogP contribution in [0.4, 0.5) is 4.48 Å². The van der Waals surface area contributed by atoms with E-state index in [1.54, 1.807) is 0 Å². The minimum atomic E-state index is 0.606. The van der Waals surface area contributed by atoms with E-state index < -0.39 is 0 Å². The molecule has 2 nitrogen and oxygen atoms in total. The number of rotatable bonds is 0. The number of halogens is 1. The molecule has 58 valence electrons. The first-order valence-corrected chi connectivity index (χ1v) is 3.85. The molecular weight excluding hydrogens is 131 g/mol. The first kappa shape index (κ1) is 6.55. The van der Waals surface area contributed by atoms with Gasteiger partial charge in [0.25, 0.3) is 0 Å². The lowest BCUT2D eigenvalue weighted by Crippen LogP contribution is -2.21. The Kier molecular flexibility index (Phi) is 1.42. The van der Waals surface area contributed by atoms with Gasteiger partial charge in [-0.25, -0.2) is 0 Å². The van der Waals surface area contributed by atoms with E-state index in [-0.39, 0.29) is 0 Å². The van der Waals surface area contributed by atoms with E-state index in [2.05, 4.69) is 11.9 Å². The molecule has 2 atom stereocenters. The quantitative estimate of drug-likeness (QED) is 0.453. The second-order valence-electron chi connectivity index (χ2n) is 3.57. The maximum atomic E-state index is 12.6. The van der Waals surface area contributed by atoms with E-state index in [1.165, 1.54) is 0 Å². The van der Waals surface area contributed by atoms with Crippen LogP contribution in [0.15, 0.2) is 0 Å². The lowest BCUT2D eigenvalue weighted by molar-refractivity contribution is 0.0432. The summed E-state index contributed by atoms with van der Waals surface area (Å²) in [6.07, 6.45) is 0. The van der Waals surface area contributed by atoms with Gasteiger partial charge in [-0.05, 0) is 18.9 Å². The molecule has 2 unspecified atom stereocenters. The highest BCUT2D eigenvalue weighted by Crippen LogP contribution is 2.29. The minimum Gasteiger partial charge on any atom is -0.306 e. The standard InChI is InChI=1S/C7H13FN2/c1-9-2-6-4-10(8)5-7(6)3-9/h6-7H,2-5H2,1H3. The molecule has 0 aromatic carbocycles. The molecule has 0 aromatic heterocycles. The summed E-state index contributed by atoms with van der Waals surface area (Å²) in [4.78, 5) is 2.29. The SMILES string of the molecule is CN1CC2CN(F)CC2C1. The van der Waals surface area contributed by atoms with E-state index in [0.717, 1.165) is 18.2 Å². The molecule has 0 aromatic rings. The van der Waals surface area contributed by atoms with Crippen molar-refractivity contribution in [2.45, 2.75) is 0 Å². The third kappa shape index (κ3) is 0.935. The molecule has 0 N–H and O–H groups in total. The van der Waals surface area contributed by atoms with Gasteiger partial charge < -0.3 is 4.90 Å². The van der Waals surface area contributed by atoms with Crippen molar-refractivity contribution < 1.29 is 4.48 Å². The topological polar surface area (TPSA) is 6.48 Å². The van der Waals surface area contributed by atoms with Crippen molar-refractivity contribution in [3.05, 3.63) is 0 Å². The number of fused-ring (bicyclic) bond motifs is 1. The molecule has 0 aliphatic carbocycles. The van der Waals surface area contributed by atoms with Crippen LogP contribution in [0.2, 0.25) is 0 Å². The number of hydrogen-bond donors (Lipinski definition) is 0. The van der Waals surface area contributed by atoms with E-state index in [0.29, 0.717) is 24.9 Å². The Bertz CT molecular complexity index is 112. The van der Waals surface area contributed by atoms with Crippen molar-refractivity contribution in [2.75, 3.05) is 33.2 Å². The lowest BCUT2D eigenvalue weighted by atomic mass is 10.0. The summed E-state index contributed by atoms with van der Waals surface area (Å²) in [5, 5.41) is 0.961. The minimum absolute atomic E-state index is 0.606. The van der Waals surface area contributed by atoms with Crippen LogP contribution in [-0.2, 0) is 0 Å². The van der Waals surface area contributed by atoms with Crippen LogP contribution in [0.25, 0.3) is 0 Å². The van der Waals surface area contributed by atoms with Gasteiger partial charge in [0.1, 0.15) is 0 Å². The monoisotopic (exact) mass is 144 g/mol. The molecule has 0 bridgehead atoms. The van der Waals surface area contributed by atoms with Crippen molar-refractivity contribution in [2.24, 2.45) is 11.8 Å². The maximum absolute atomic E-state index is 12.6. The van der Waals surface area contributed by atoms with Gasteiger partial charge >= 0.3 is 0 Å². The zero-order chi connectivity index (χ0) is 7.14. The van der Waals surface area contributed by atoms with Crippen LogP contribution in [0.5, 0.6) is 0 Å². The van der Waals surface area contributed by atoms with Gasteiger partial charge in [0, 0.05) is 26.2 Å². The highest BCUT2D eigenvalue weighted by atomic mass is 19.2. The normalized spacial score (nSPS) is 42.6. The van der Waals surface area contributed by atoms with Crippen LogP contribution in [0.1, 0.15) is 0 Å². The summed E-state index contributed by atoms with van der Waals surface area (Å²) in [6.45, 7) is 3.50. The molecule has 0 spiro atoms. The zero-order valence-electron chi connectivity index (χ0n) is 6.26. The molecule has 0 saturated carbocycles. The van der Waals surface area contributed by atoms with E-state index in [1.807, 2.05) is 0 Å². The van der Waals surface area contributed by atoms with Crippen LogP contribution < -0.4 is 0 Å². The van der Waals surface area contributed by atoms with Gasteiger partial charge in [-0.1, -0.05) is 0 Å². The summed E-state index contributed by atoms with van der Waals surface area (Å²) < 4.78 is 12.6. The van der Waals surface area contributed by atoms with Gasteiger partial charge in [0.05, 0.1) is 0 Å². The summed E-state index contributed by atoms with van der Waals surface area (Å²) >= 11 is 0. The average Bonchev–Trinajstić information content (AvgIpc) is 2.21. The van der Waals surface area contributed by atoms with Crippen molar-refractivity contribution in [1.29, 1.82) is 0 Å². The van der Waals surface area contributed by atoms with E-state index >= 15 is 0 Å². The Balaban J connectivity index is 2.00. The van der Waals surface area contributed by atoms with Gasteiger partial charge in [-0.3, -0.25) is 0 Å². The molecule has 2 heterocycles. The van der Waals surface area contributed by atoms with Gasteiger partial charge in [0.15, 0.2) is 0 Å². The third-order valence-electron chi connectivity index (χ3n) is 2.62. The molecule has 3 heteroatoms. The van der Waals surface area contributed by atoms with Crippen LogP contribution in [0, 0.1) is 11.8 Å². The van der Waals surface area contributed by atoms with Crippen molar-refractivity contribution >= 4 is 0 Å². The molecule has 2 saturated heterocycles. The molecule has 0 radical (unpaired) electrons. The number of likely N-dealkylation sites (tertiary alicyclic amines) is 1. The van der Waals surface area contributed by atoms with Crippen molar-refractivity contribution in [1.82, 2.24) is 10.0 Å². The second-order valence-corrected chi connectivity index (χ2v) is 3.57. The molecule has 2 rings (SSSR count). The Morgan fingerprint density at radius 2 is 1.60 bits per heavy atom. The molecule has 2 aliphatic heterocycles. The van der Waals surface area contributed by atoms with E-state index in [4.69, 9.17) is 0 Å². The largest absolute Gasteiger partial charge is 0.306 e. The van der Waals surface area contributed by atoms with Crippen LogP contribution in [-0.4, -0.2) is 43.2 Å².